The normalized spacial score (nSPS) is 29.6. The zero-order chi connectivity index (χ0) is 16.4. The SMILES string of the molecule is Cc1cccn2c(C(C)(C)NC(=O)[C@@H]3[C@H]4CNC[C@]43C)ncc12. The Hall–Kier alpha value is -1.88. The number of nitrogens with zero attached hydrogens (tertiary/aromatic N) is 2. The van der Waals surface area contributed by atoms with E-state index < -0.39 is 5.54 Å². The van der Waals surface area contributed by atoms with Gasteiger partial charge in [-0.2, -0.15) is 0 Å². The predicted octanol–water partition coefficient (Wildman–Crippen LogP) is 1.85. The lowest BCUT2D eigenvalue weighted by Gasteiger charge is -2.26. The van der Waals surface area contributed by atoms with Crippen LogP contribution in [0.2, 0.25) is 0 Å². The smallest absolute Gasteiger partial charge is 0.224 e. The number of piperidine rings is 1. The topological polar surface area (TPSA) is 58.4 Å². The molecule has 23 heavy (non-hydrogen) atoms. The van der Waals surface area contributed by atoms with E-state index in [9.17, 15) is 4.79 Å². The Morgan fingerprint density at radius 3 is 3.00 bits per heavy atom. The molecule has 2 aromatic heterocycles. The zero-order valence-electron chi connectivity index (χ0n) is 14.2. The average molecular weight is 312 g/mol. The number of aryl methyl sites for hydroxylation is 1. The molecule has 5 heteroatoms. The highest BCUT2D eigenvalue weighted by atomic mass is 16.2. The van der Waals surface area contributed by atoms with Crippen LogP contribution in [-0.4, -0.2) is 28.4 Å². The van der Waals surface area contributed by atoms with Crippen molar-refractivity contribution < 1.29 is 4.79 Å². The van der Waals surface area contributed by atoms with E-state index in [2.05, 4.69) is 39.9 Å². The molecule has 1 aliphatic heterocycles. The maximum atomic E-state index is 12.8. The Labute approximate surface area is 136 Å². The Kier molecular flexibility index (Phi) is 2.92. The number of pyridine rings is 1. The van der Waals surface area contributed by atoms with Crippen molar-refractivity contribution in [2.45, 2.75) is 33.2 Å². The number of aromatic nitrogens is 2. The molecule has 5 nitrogen and oxygen atoms in total. The highest BCUT2D eigenvalue weighted by Gasteiger charge is 2.67. The van der Waals surface area contributed by atoms with Crippen LogP contribution in [0.3, 0.4) is 0 Å². The van der Waals surface area contributed by atoms with Crippen molar-refractivity contribution in [3.63, 3.8) is 0 Å². The van der Waals surface area contributed by atoms with Gasteiger partial charge in [0.15, 0.2) is 0 Å². The zero-order valence-corrected chi connectivity index (χ0v) is 14.2. The molecule has 2 fully saturated rings. The van der Waals surface area contributed by atoms with Gasteiger partial charge in [-0.3, -0.25) is 4.79 Å². The van der Waals surface area contributed by atoms with Crippen LogP contribution in [0, 0.1) is 24.2 Å². The second-order valence-corrected chi connectivity index (χ2v) is 7.86. The number of rotatable bonds is 3. The number of amides is 1. The maximum absolute atomic E-state index is 12.8. The first kappa shape index (κ1) is 14.7. The van der Waals surface area contributed by atoms with Crippen LogP contribution in [0.5, 0.6) is 0 Å². The lowest BCUT2D eigenvalue weighted by Crippen LogP contribution is -2.44. The van der Waals surface area contributed by atoms with Crippen LogP contribution in [0.4, 0.5) is 0 Å². The van der Waals surface area contributed by atoms with Gasteiger partial charge in [-0.1, -0.05) is 13.0 Å². The van der Waals surface area contributed by atoms with Gasteiger partial charge >= 0.3 is 0 Å². The fraction of sp³-hybridized carbons (Fsp3) is 0.556. The summed E-state index contributed by atoms with van der Waals surface area (Å²) in [4.78, 5) is 17.3. The van der Waals surface area contributed by atoms with Gasteiger partial charge in [-0.05, 0) is 50.3 Å². The molecule has 1 aliphatic carbocycles. The van der Waals surface area contributed by atoms with Gasteiger partial charge in [-0.15, -0.1) is 0 Å². The average Bonchev–Trinajstić information content (AvgIpc) is 2.83. The van der Waals surface area contributed by atoms with E-state index in [1.54, 1.807) is 0 Å². The van der Waals surface area contributed by atoms with Crippen molar-refractivity contribution in [1.82, 2.24) is 20.0 Å². The van der Waals surface area contributed by atoms with Crippen LogP contribution < -0.4 is 10.6 Å². The summed E-state index contributed by atoms with van der Waals surface area (Å²) in [6.07, 6.45) is 3.89. The summed E-state index contributed by atoms with van der Waals surface area (Å²) in [6, 6.07) is 4.09. The van der Waals surface area contributed by atoms with E-state index in [-0.39, 0.29) is 17.2 Å². The van der Waals surface area contributed by atoms with Crippen LogP contribution >= 0.6 is 0 Å². The first-order valence-electron chi connectivity index (χ1n) is 8.30. The van der Waals surface area contributed by atoms with E-state index >= 15 is 0 Å². The third-order valence-electron chi connectivity index (χ3n) is 5.78. The predicted molar refractivity (Wildman–Crippen MR) is 89.1 cm³/mol. The monoisotopic (exact) mass is 312 g/mol. The molecule has 122 valence electrons. The Morgan fingerprint density at radius 1 is 1.52 bits per heavy atom. The second kappa shape index (κ2) is 4.57. The molecule has 2 aromatic rings. The Morgan fingerprint density at radius 2 is 2.30 bits per heavy atom. The lowest BCUT2D eigenvalue weighted by atomic mass is 10.0. The van der Waals surface area contributed by atoms with Gasteiger partial charge in [-0.25, -0.2) is 4.98 Å². The van der Waals surface area contributed by atoms with Gasteiger partial charge in [0.05, 0.1) is 17.3 Å². The van der Waals surface area contributed by atoms with Crippen LogP contribution in [0.25, 0.3) is 5.52 Å². The minimum Gasteiger partial charge on any atom is -0.344 e. The molecule has 0 bridgehead atoms. The second-order valence-electron chi connectivity index (χ2n) is 7.86. The van der Waals surface area contributed by atoms with Crippen LogP contribution in [0.1, 0.15) is 32.2 Å². The number of hydrogen-bond acceptors (Lipinski definition) is 3. The molecule has 2 N–H and O–H groups in total. The summed E-state index contributed by atoms with van der Waals surface area (Å²) < 4.78 is 2.08. The standard InChI is InChI=1S/C18H24N4O/c1-11-6-5-7-22-13(11)9-20-16(22)17(2,3)21-15(23)14-12-8-19-10-18(12,14)4/h5-7,9,12,14,19H,8,10H2,1-4H3,(H,21,23)/t12-,14+,18-/m1/s1. The molecular weight excluding hydrogens is 288 g/mol. The lowest BCUT2D eigenvalue weighted by molar-refractivity contribution is -0.125. The van der Waals surface area contributed by atoms with Gasteiger partial charge in [0.2, 0.25) is 5.91 Å². The van der Waals surface area contributed by atoms with Crippen molar-refractivity contribution >= 4 is 11.4 Å². The van der Waals surface area contributed by atoms with Crippen LogP contribution in [-0.2, 0) is 10.3 Å². The van der Waals surface area contributed by atoms with Gasteiger partial charge in [0.1, 0.15) is 5.82 Å². The molecule has 0 radical (unpaired) electrons. The van der Waals surface area contributed by atoms with E-state index in [1.165, 1.54) is 5.56 Å². The van der Waals surface area contributed by atoms with Gasteiger partial charge < -0.3 is 15.0 Å². The van der Waals surface area contributed by atoms with E-state index in [0.717, 1.165) is 24.4 Å². The summed E-state index contributed by atoms with van der Waals surface area (Å²) in [5.41, 5.74) is 1.91. The summed E-state index contributed by atoms with van der Waals surface area (Å²) >= 11 is 0. The number of nitrogens with one attached hydrogen (secondary N) is 2. The number of hydrogen-bond donors (Lipinski definition) is 2. The fourth-order valence-corrected chi connectivity index (χ4v) is 4.30. The first-order valence-corrected chi connectivity index (χ1v) is 8.30. The third kappa shape index (κ3) is 2.02. The minimum absolute atomic E-state index is 0.135. The van der Waals surface area contributed by atoms with Crippen LogP contribution in [0.15, 0.2) is 24.5 Å². The molecule has 0 aromatic carbocycles. The van der Waals surface area contributed by atoms with E-state index in [4.69, 9.17) is 0 Å². The summed E-state index contributed by atoms with van der Waals surface area (Å²) in [5, 5.41) is 6.61. The van der Waals surface area contributed by atoms with Crippen molar-refractivity contribution in [2.24, 2.45) is 17.3 Å². The highest BCUT2D eigenvalue weighted by Crippen LogP contribution is 2.60. The summed E-state index contributed by atoms with van der Waals surface area (Å²) in [6.45, 7) is 10.2. The minimum atomic E-state index is -0.502. The molecule has 3 atom stereocenters. The van der Waals surface area contributed by atoms with Gasteiger partial charge in [0.25, 0.3) is 0 Å². The highest BCUT2D eigenvalue weighted by molar-refractivity contribution is 5.84. The number of carbonyl (C=O) groups is 1. The molecule has 0 spiro atoms. The number of carbonyl (C=O) groups excluding carboxylic acids is 1. The van der Waals surface area contributed by atoms with Crippen molar-refractivity contribution in [2.75, 3.05) is 13.1 Å². The quantitative estimate of drug-likeness (QED) is 0.909. The molecule has 3 heterocycles. The Balaban J connectivity index is 1.60. The van der Waals surface area contributed by atoms with Crippen molar-refractivity contribution in [3.8, 4) is 0 Å². The molecule has 1 saturated carbocycles. The fourth-order valence-electron chi connectivity index (χ4n) is 4.30. The molecule has 2 aliphatic rings. The summed E-state index contributed by atoms with van der Waals surface area (Å²) in [5.74, 6) is 1.65. The summed E-state index contributed by atoms with van der Waals surface area (Å²) in [7, 11) is 0. The van der Waals surface area contributed by atoms with Gasteiger partial charge in [0, 0.05) is 18.7 Å². The first-order chi connectivity index (χ1) is 10.8. The Bertz CT molecular complexity index is 793. The molecule has 0 unspecified atom stereocenters. The van der Waals surface area contributed by atoms with E-state index in [0.29, 0.717) is 5.92 Å². The molecular formula is C18H24N4O. The number of imidazole rings is 1. The largest absolute Gasteiger partial charge is 0.344 e. The maximum Gasteiger partial charge on any atom is 0.224 e. The third-order valence-corrected chi connectivity index (χ3v) is 5.78. The van der Waals surface area contributed by atoms with E-state index in [1.807, 2.05) is 32.3 Å². The molecule has 1 saturated heterocycles. The number of fused-ring (bicyclic) bond motifs is 2. The van der Waals surface area contributed by atoms with Crippen molar-refractivity contribution in [3.05, 3.63) is 35.9 Å². The van der Waals surface area contributed by atoms with Crippen molar-refractivity contribution in [1.29, 1.82) is 0 Å². The molecule has 4 rings (SSSR count). The molecule has 1 amide bonds.